The number of aliphatic hydroxyl groups is 1. The average Bonchev–Trinajstić information content (AvgIpc) is 2.42. The summed E-state index contributed by atoms with van der Waals surface area (Å²) in [4.78, 5) is 0. The van der Waals surface area contributed by atoms with Gasteiger partial charge in [0.2, 0.25) is 0 Å². The molecule has 0 bridgehead atoms. The molecule has 0 spiro atoms. The van der Waals surface area contributed by atoms with Crippen LogP contribution in [-0.4, -0.2) is 5.11 Å². The topological polar surface area (TPSA) is 29.5 Å². The SMILES string of the molecule is OC1CC(c2ccc(Cl)c(Br)c2)Oc2ccc(F)cc21. The highest BCUT2D eigenvalue weighted by molar-refractivity contribution is 9.10. The maximum absolute atomic E-state index is 13.2. The minimum Gasteiger partial charge on any atom is -0.485 e. The number of rotatable bonds is 1. The van der Waals surface area contributed by atoms with Gasteiger partial charge in [-0.15, -0.1) is 0 Å². The molecule has 20 heavy (non-hydrogen) atoms. The molecule has 0 radical (unpaired) electrons. The lowest BCUT2D eigenvalue weighted by Crippen LogP contribution is -2.19. The maximum atomic E-state index is 13.2. The Bertz CT molecular complexity index is 662. The lowest BCUT2D eigenvalue weighted by atomic mass is 9.95. The summed E-state index contributed by atoms with van der Waals surface area (Å²) >= 11 is 9.34. The van der Waals surface area contributed by atoms with Crippen LogP contribution in [0.2, 0.25) is 5.02 Å². The molecule has 0 saturated heterocycles. The van der Waals surface area contributed by atoms with Crippen LogP contribution in [0.3, 0.4) is 0 Å². The molecule has 1 N–H and O–H groups in total. The van der Waals surface area contributed by atoms with Crippen LogP contribution in [-0.2, 0) is 0 Å². The second-order valence-electron chi connectivity index (χ2n) is 4.71. The number of hydrogen-bond donors (Lipinski definition) is 1. The molecule has 1 heterocycles. The summed E-state index contributed by atoms with van der Waals surface area (Å²) in [5.74, 6) is 0.139. The lowest BCUT2D eigenvalue weighted by Gasteiger charge is -2.30. The molecular formula is C15H11BrClFO2. The first-order chi connectivity index (χ1) is 9.54. The van der Waals surface area contributed by atoms with Gasteiger partial charge in [-0.3, -0.25) is 0 Å². The fourth-order valence-corrected chi connectivity index (χ4v) is 2.85. The highest BCUT2D eigenvalue weighted by atomic mass is 79.9. The molecule has 1 aliphatic rings. The Balaban J connectivity index is 1.94. The van der Waals surface area contributed by atoms with Gasteiger partial charge in [0.1, 0.15) is 17.7 Å². The van der Waals surface area contributed by atoms with E-state index in [1.54, 1.807) is 12.1 Å². The molecule has 2 aromatic rings. The minimum absolute atomic E-state index is 0.281. The van der Waals surface area contributed by atoms with Gasteiger partial charge < -0.3 is 9.84 Å². The van der Waals surface area contributed by atoms with Gasteiger partial charge in [0.15, 0.2) is 0 Å². The molecule has 2 unspecified atom stereocenters. The molecule has 2 nitrogen and oxygen atoms in total. The Morgan fingerprint density at radius 2 is 2.05 bits per heavy atom. The Hall–Kier alpha value is -1.10. The molecule has 0 saturated carbocycles. The van der Waals surface area contributed by atoms with E-state index < -0.39 is 6.10 Å². The minimum atomic E-state index is -0.742. The highest BCUT2D eigenvalue weighted by Gasteiger charge is 2.28. The quantitative estimate of drug-likeness (QED) is 0.794. The van der Waals surface area contributed by atoms with E-state index in [0.717, 1.165) is 10.0 Å². The third kappa shape index (κ3) is 2.55. The smallest absolute Gasteiger partial charge is 0.127 e. The van der Waals surface area contributed by atoms with E-state index in [1.807, 2.05) is 12.1 Å². The number of aliphatic hydroxyl groups excluding tert-OH is 1. The van der Waals surface area contributed by atoms with Gasteiger partial charge in [-0.1, -0.05) is 17.7 Å². The fourth-order valence-electron chi connectivity index (χ4n) is 2.33. The summed E-state index contributed by atoms with van der Waals surface area (Å²) in [6.45, 7) is 0. The largest absolute Gasteiger partial charge is 0.485 e. The van der Waals surface area contributed by atoms with Crippen LogP contribution < -0.4 is 4.74 Å². The second-order valence-corrected chi connectivity index (χ2v) is 5.98. The molecule has 2 atom stereocenters. The normalized spacial score (nSPS) is 21.2. The van der Waals surface area contributed by atoms with Gasteiger partial charge in [-0.2, -0.15) is 0 Å². The zero-order valence-electron chi connectivity index (χ0n) is 10.3. The van der Waals surface area contributed by atoms with Crippen molar-refractivity contribution in [3.8, 4) is 5.75 Å². The predicted molar refractivity (Wildman–Crippen MR) is 78.5 cm³/mol. The van der Waals surface area contributed by atoms with E-state index in [2.05, 4.69) is 15.9 Å². The van der Waals surface area contributed by atoms with Gasteiger partial charge in [-0.05, 0) is 51.8 Å². The van der Waals surface area contributed by atoms with E-state index in [4.69, 9.17) is 16.3 Å². The number of hydrogen-bond acceptors (Lipinski definition) is 2. The van der Waals surface area contributed by atoms with Crippen molar-refractivity contribution in [1.82, 2.24) is 0 Å². The number of halogens is 3. The lowest BCUT2D eigenvalue weighted by molar-refractivity contribution is 0.0653. The summed E-state index contributed by atoms with van der Waals surface area (Å²) < 4.78 is 19.8. The van der Waals surface area contributed by atoms with Crippen LogP contribution in [0.15, 0.2) is 40.9 Å². The molecule has 1 aliphatic heterocycles. The van der Waals surface area contributed by atoms with Crippen LogP contribution in [0.1, 0.15) is 29.8 Å². The van der Waals surface area contributed by atoms with Crippen molar-refractivity contribution in [3.05, 3.63) is 62.8 Å². The third-order valence-corrected chi connectivity index (χ3v) is 4.57. The predicted octanol–water partition coefficient (Wildman–Crippen LogP) is 4.80. The van der Waals surface area contributed by atoms with Crippen molar-refractivity contribution in [2.75, 3.05) is 0 Å². The van der Waals surface area contributed by atoms with Crippen LogP contribution >= 0.6 is 27.5 Å². The average molecular weight is 358 g/mol. The second kappa shape index (κ2) is 5.35. The molecular weight excluding hydrogens is 347 g/mol. The van der Waals surface area contributed by atoms with E-state index in [-0.39, 0.29) is 11.9 Å². The van der Waals surface area contributed by atoms with Crippen molar-refractivity contribution in [2.45, 2.75) is 18.6 Å². The molecule has 3 rings (SSSR count). The van der Waals surface area contributed by atoms with Crippen LogP contribution in [0.25, 0.3) is 0 Å². The molecule has 0 aliphatic carbocycles. The zero-order valence-corrected chi connectivity index (χ0v) is 12.7. The van der Waals surface area contributed by atoms with Gasteiger partial charge in [-0.25, -0.2) is 4.39 Å². The maximum Gasteiger partial charge on any atom is 0.127 e. The third-order valence-electron chi connectivity index (χ3n) is 3.35. The van der Waals surface area contributed by atoms with Crippen LogP contribution in [0.5, 0.6) is 5.75 Å². The first kappa shape index (κ1) is 13.9. The highest BCUT2D eigenvalue weighted by Crippen LogP contribution is 2.41. The summed E-state index contributed by atoms with van der Waals surface area (Å²) in [6.07, 6.45) is -0.643. The zero-order chi connectivity index (χ0) is 14.3. The molecule has 2 aromatic carbocycles. The number of benzene rings is 2. The summed E-state index contributed by atoms with van der Waals surface area (Å²) in [5, 5.41) is 10.8. The molecule has 0 amide bonds. The molecule has 0 fully saturated rings. The summed E-state index contributed by atoms with van der Waals surface area (Å²) in [7, 11) is 0. The first-order valence-corrected chi connectivity index (χ1v) is 7.31. The van der Waals surface area contributed by atoms with Crippen LogP contribution in [0.4, 0.5) is 4.39 Å². The van der Waals surface area contributed by atoms with Crippen LogP contribution in [0, 0.1) is 5.82 Å². The van der Waals surface area contributed by atoms with Crippen molar-refractivity contribution in [3.63, 3.8) is 0 Å². The Labute approximate surface area is 129 Å². The van der Waals surface area contributed by atoms with Gasteiger partial charge in [0, 0.05) is 16.5 Å². The molecule has 0 aromatic heterocycles. The van der Waals surface area contributed by atoms with Crippen molar-refractivity contribution >= 4 is 27.5 Å². The standard InChI is InChI=1S/C15H11BrClFO2/c16-11-5-8(1-3-12(11)17)15-7-13(19)10-6-9(18)2-4-14(10)20-15/h1-6,13,15,19H,7H2. The van der Waals surface area contributed by atoms with Crippen molar-refractivity contribution in [1.29, 1.82) is 0 Å². The van der Waals surface area contributed by atoms with Crippen molar-refractivity contribution < 1.29 is 14.2 Å². The van der Waals surface area contributed by atoms with E-state index >= 15 is 0 Å². The van der Waals surface area contributed by atoms with Gasteiger partial charge in [0.05, 0.1) is 11.1 Å². The number of fused-ring (bicyclic) bond motifs is 1. The number of ether oxygens (including phenoxy) is 1. The van der Waals surface area contributed by atoms with E-state index in [1.165, 1.54) is 12.1 Å². The molecule has 104 valence electrons. The Kier molecular flexibility index (Phi) is 3.71. The summed E-state index contributed by atoms with van der Waals surface area (Å²) in [5.41, 5.74) is 1.41. The van der Waals surface area contributed by atoms with Crippen molar-refractivity contribution in [2.24, 2.45) is 0 Å². The van der Waals surface area contributed by atoms with Gasteiger partial charge in [0.25, 0.3) is 0 Å². The van der Waals surface area contributed by atoms with Gasteiger partial charge >= 0.3 is 0 Å². The Morgan fingerprint density at radius 3 is 2.80 bits per heavy atom. The van der Waals surface area contributed by atoms with E-state index in [0.29, 0.717) is 22.8 Å². The monoisotopic (exact) mass is 356 g/mol. The fraction of sp³-hybridized carbons (Fsp3) is 0.200. The molecule has 5 heteroatoms. The Morgan fingerprint density at radius 1 is 1.25 bits per heavy atom. The summed E-state index contributed by atoms with van der Waals surface area (Å²) in [6, 6.07) is 9.69. The first-order valence-electron chi connectivity index (χ1n) is 6.13. The van der Waals surface area contributed by atoms with E-state index in [9.17, 15) is 9.50 Å².